The highest BCUT2D eigenvalue weighted by Gasteiger charge is 2.16. The third-order valence-electron chi connectivity index (χ3n) is 11.3. The van der Waals surface area contributed by atoms with Crippen molar-refractivity contribution in [3.8, 4) is 67.4 Å². The molecule has 0 atom stereocenters. The summed E-state index contributed by atoms with van der Waals surface area (Å²) < 4.78 is 0. The highest BCUT2D eigenvalue weighted by Crippen LogP contribution is 2.38. The fourth-order valence-electron chi connectivity index (χ4n) is 8.40. The Morgan fingerprint density at radius 1 is 0.259 bits per heavy atom. The van der Waals surface area contributed by atoms with Gasteiger partial charge >= 0.3 is 0 Å². The van der Waals surface area contributed by atoms with E-state index in [1.54, 1.807) is 0 Å². The summed E-state index contributed by atoms with van der Waals surface area (Å²) in [6.07, 6.45) is 0. The second kappa shape index (κ2) is 14.1. The SMILES string of the molecule is c1ccc(-c2cc(-c3ccc(-c4ccc(-c5nc(-c6cccc7ccccc67)cc(-c6cccc7ccccc67)n5)cc4)cc3)c3c(ccc4ccccc43)n2)cc1. The van der Waals surface area contributed by atoms with Crippen LogP contribution >= 0.6 is 0 Å². The Bertz CT molecular complexity index is 3210. The molecule has 0 radical (unpaired) electrons. The molecule has 11 aromatic rings. The Morgan fingerprint density at radius 2 is 0.741 bits per heavy atom. The molecule has 3 heteroatoms. The van der Waals surface area contributed by atoms with E-state index in [1.165, 1.54) is 43.3 Å². The highest BCUT2D eigenvalue weighted by atomic mass is 14.9. The summed E-state index contributed by atoms with van der Waals surface area (Å²) in [5, 5.41) is 8.29. The molecular formula is C55H35N3. The van der Waals surface area contributed by atoms with Gasteiger partial charge in [-0.15, -0.1) is 0 Å². The second-order valence-electron chi connectivity index (χ2n) is 14.8. The Kier molecular flexibility index (Phi) is 8.15. The van der Waals surface area contributed by atoms with Crippen LogP contribution in [0.3, 0.4) is 0 Å². The van der Waals surface area contributed by atoms with Gasteiger partial charge in [0.15, 0.2) is 5.82 Å². The maximum atomic E-state index is 5.24. The summed E-state index contributed by atoms with van der Waals surface area (Å²) in [6.45, 7) is 0. The number of aromatic nitrogens is 3. The molecule has 2 heterocycles. The molecule has 0 unspecified atom stereocenters. The average molecular weight is 738 g/mol. The number of pyridine rings is 1. The summed E-state index contributed by atoms with van der Waals surface area (Å²) >= 11 is 0. The number of hydrogen-bond acceptors (Lipinski definition) is 3. The number of hydrogen-bond donors (Lipinski definition) is 0. The summed E-state index contributed by atoms with van der Waals surface area (Å²) in [4.78, 5) is 15.6. The molecule has 11 rings (SSSR count). The van der Waals surface area contributed by atoms with Crippen molar-refractivity contribution in [2.24, 2.45) is 0 Å². The van der Waals surface area contributed by atoms with Crippen molar-refractivity contribution in [2.75, 3.05) is 0 Å². The Labute approximate surface area is 336 Å². The molecular weight excluding hydrogens is 703 g/mol. The monoisotopic (exact) mass is 737 g/mol. The molecule has 0 bridgehead atoms. The van der Waals surface area contributed by atoms with Gasteiger partial charge in [0, 0.05) is 27.6 Å². The van der Waals surface area contributed by atoms with Crippen LogP contribution in [0.15, 0.2) is 212 Å². The minimum absolute atomic E-state index is 0.696. The predicted octanol–water partition coefficient (Wildman–Crippen LogP) is 14.5. The summed E-state index contributed by atoms with van der Waals surface area (Å²) in [6, 6.07) is 75.1. The van der Waals surface area contributed by atoms with Crippen LogP contribution in [0, 0.1) is 0 Å². The van der Waals surface area contributed by atoms with Crippen molar-refractivity contribution in [3.05, 3.63) is 212 Å². The Balaban J connectivity index is 0.992. The van der Waals surface area contributed by atoms with Gasteiger partial charge < -0.3 is 0 Å². The van der Waals surface area contributed by atoms with E-state index >= 15 is 0 Å². The predicted molar refractivity (Wildman–Crippen MR) is 242 cm³/mol. The number of fused-ring (bicyclic) bond motifs is 5. The molecule has 0 aliphatic rings. The normalized spacial score (nSPS) is 11.4. The van der Waals surface area contributed by atoms with E-state index in [0.717, 1.165) is 61.5 Å². The summed E-state index contributed by atoms with van der Waals surface area (Å²) in [5.41, 5.74) is 12.6. The van der Waals surface area contributed by atoms with Crippen LogP contribution in [0.4, 0.5) is 0 Å². The quantitative estimate of drug-likeness (QED) is 0.160. The summed E-state index contributed by atoms with van der Waals surface area (Å²) in [7, 11) is 0. The van der Waals surface area contributed by atoms with Crippen LogP contribution < -0.4 is 0 Å². The van der Waals surface area contributed by atoms with Crippen molar-refractivity contribution >= 4 is 43.2 Å². The third kappa shape index (κ3) is 5.98. The van der Waals surface area contributed by atoms with Gasteiger partial charge in [0.1, 0.15) is 0 Å². The largest absolute Gasteiger partial charge is 0.248 e. The zero-order valence-electron chi connectivity index (χ0n) is 31.5. The molecule has 0 aliphatic heterocycles. The van der Waals surface area contributed by atoms with Gasteiger partial charge in [-0.1, -0.05) is 194 Å². The van der Waals surface area contributed by atoms with E-state index in [2.05, 4.69) is 206 Å². The lowest BCUT2D eigenvalue weighted by atomic mass is 9.93. The average Bonchev–Trinajstić information content (AvgIpc) is 3.31. The maximum Gasteiger partial charge on any atom is 0.160 e. The van der Waals surface area contributed by atoms with Crippen molar-refractivity contribution in [2.45, 2.75) is 0 Å². The molecule has 0 aliphatic carbocycles. The first-order valence-corrected chi connectivity index (χ1v) is 19.7. The van der Waals surface area contributed by atoms with Crippen molar-refractivity contribution in [1.29, 1.82) is 0 Å². The maximum absolute atomic E-state index is 5.24. The fourth-order valence-corrected chi connectivity index (χ4v) is 8.40. The van der Waals surface area contributed by atoms with Gasteiger partial charge in [-0.05, 0) is 72.8 Å². The van der Waals surface area contributed by atoms with E-state index in [9.17, 15) is 0 Å². The lowest BCUT2D eigenvalue weighted by Gasteiger charge is -2.14. The lowest BCUT2D eigenvalue weighted by molar-refractivity contribution is 1.19. The molecule has 9 aromatic carbocycles. The Morgan fingerprint density at radius 3 is 1.34 bits per heavy atom. The highest BCUT2D eigenvalue weighted by molar-refractivity contribution is 6.14. The van der Waals surface area contributed by atoms with Crippen LogP contribution in [-0.4, -0.2) is 15.0 Å². The first kappa shape index (κ1) is 33.6. The van der Waals surface area contributed by atoms with Gasteiger partial charge in [0.25, 0.3) is 0 Å². The van der Waals surface area contributed by atoms with Crippen LogP contribution in [0.1, 0.15) is 0 Å². The molecule has 270 valence electrons. The van der Waals surface area contributed by atoms with E-state index in [1.807, 2.05) is 6.07 Å². The molecule has 0 N–H and O–H groups in total. The van der Waals surface area contributed by atoms with Gasteiger partial charge in [-0.25, -0.2) is 15.0 Å². The lowest BCUT2D eigenvalue weighted by Crippen LogP contribution is -1.97. The van der Waals surface area contributed by atoms with Crippen molar-refractivity contribution in [1.82, 2.24) is 15.0 Å². The molecule has 0 spiro atoms. The van der Waals surface area contributed by atoms with Crippen LogP contribution in [0.25, 0.3) is 111 Å². The zero-order valence-corrected chi connectivity index (χ0v) is 31.5. The first-order chi connectivity index (χ1) is 28.7. The first-order valence-electron chi connectivity index (χ1n) is 19.7. The van der Waals surface area contributed by atoms with Gasteiger partial charge in [-0.2, -0.15) is 0 Å². The van der Waals surface area contributed by atoms with Crippen molar-refractivity contribution < 1.29 is 0 Å². The standard InChI is InChI=1S/C55H35N3/c1-2-15-42(16-3-1)51-34-49(54-46-21-9-6-14-40(46)32-33-50(54)56-51)41-28-24-36(25-29-41)37-26-30-43(31-27-37)55-57-52(47-22-10-17-38-12-4-7-19-44(38)47)35-53(58-55)48-23-11-18-39-13-5-8-20-45(39)48/h1-35H. The van der Waals surface area contributed by atoms with E-state index in [4.69, 9.17) is 15.0 Å². The second-order valence-corrected chi connectivity index (χ2v) is 14.8. The number of nitrogens with zero attached hydrogens (tertiary/aromatic N) is 3. The minimum atomic E-state index is 0.696. The molecule has 0 saturated heterocycles. The van der Waals surface area contributed by atoms with Gasteiger partial charge in [-0.3, -0.25) is 0 Å². The molecule has 3 nitrogen and oxygen atoms in total. The number of rotatable bonds is 6. The smallest absolute Gasteiger partial charge is 0.160 e. The Hall–Kier alpha value is -7.75. The van der Waals surface area contributed by atoms with Gasteiger partial charge in [0.05, 0.1) is 22.6 Å². The zero-order chi connectivity index (χ0) is 38.4. The van der Waals surface area contributed by atoms with Crippen LogP contribution in [-0.2, 0) is 0 Å². The fraction of sp³-hybridized carbons (Fsp3) is 0. The molecule has 0 amide bonds. The molecule has 2 aromatic heterocycles. The van der Waals surface area contributed by atoms with Gasteiger partial charge in [0.2, 0.25) is 0 Å². The third-order valence-corrected chi connectivity index (χ3v) is 11.3. The summed E-state index contributed by atoms with van der Waals surface area (Å²) in [5.74, 6) is 0.696. The molecule has 58 heavy (non-hydrogen) atoms. The molecule has 0 fully saturated rings. The van der Waals surface area contributed by atoms with Crippen LogP contribution in [0.2, 0.25) is 0 Å². The molecule has 0 saturated carbocycles. The topological polar surface area (TPSA) is 38.7 Å². The van der Waals surface area contributed by atoms with E-state index in [0.29, 0.717) is 5.82 Å². The van der Waals surface area contributed by atoms with Crippen molar-refractivity contribution in [3.63, 3.8) is 0 Å². The minimum Gasteiger partial charge on any atom is -0.248 e. The number of benzene rings is 9. The van der Waals surface area contributed by atoms with E-state index in [-0.39, 0.29) is 0 Å². The van der Waals surface area contributed by atoms with Crippen LogP contribution in [0.5, 0.6) is 0 Å². The van der Waals surface area contributed by atoms with E-state index < -0.39 is 0 Å².